The van der Waals surface area contributed by atoms with Gasteiger partial charge in [0.2, 0.25) is 6.79 Å². The Morgan fingerprint density at radius 2 is 1.93 bits per heavy atom. The van der Waals surface area contributed by atoms with Crippen LogP contribution in [0.1, 0.15) is 25.3 Å². The molecule has 2 aliphatic rings. The summed E-state index contributed by atoms with van der Waals surface area (Å²) in [6.45, 7) is 3.21. The van der Waals surface area contributed by atoms with E-state index in [-0.39, 0.29) is 18.8 Å². The number of nitrogens with one attached hydrogen (secondary N) is 1. The first-order valence-corrected chi connectivity index (χ1v) is 10.3. The van der Waals surface area contributed by atoms with E-state index in [1.54, 1.807) is 30.0 Å². The third-order valence-corrected chi connectivity index (χ3v) is 5.58. The Balaban J connectivity index is 1.51. The van der Waals surface area contributed by atoms with Gasteiger partial charge in [0, 0.05) is 24.8 Å². The zero-order valence-electron chi connectivity index (χ0n) is 17.1. The van der Waals surface area contributed by atoms with Crippen molar-refractivity contribution in [3.63, 3.8) is 0 Å². The molecule has 0 aromatic heterocycles. The van der Waals surface area contributed by atoms with Gasteiger partial charge < -0.3 is 24.4 Å². The van der Waals surface area contributed by atoms with E-state index in [4.69, 9.17) is 14.2 Å². The van der Waals surface area contributed by atoms with Gasteiger partial charge in [-0.25, -0.2) is 4.79 Å². The van der Waals surface area contributed by atoms with Gasteiger partial charge >= 0.3 is 12.0 Å². The van der Waals surface area contributed by atoms with E-state index in [0.29, 0.717) is 49.7 Å². The van der Waals surface area contributed by atoms with E-state index in [9.17, 15) is 9.59 Å². The molecule has 7 heteroatoms. The Morgan fingerprint density at radius 1 is 1.13 bits per heavy atom. The number of fused-ring (bicyclic) bond motifs is 1. The molecule has 0 bridgehead atoms. The van der Waals surface area contributed by atoms with Gasteiger partial charge in [-0.15, -0.1) is 0 Å². The highest BCUT2D eigenvalue weighted by atomic mass is 16.7. The van der Waals surface area contributed by atoms with Gasteiger partial charge in [0.25, 0.3) is 0 Å². The lowest BCUT2D eigenvalue weighted by Crippen LogP contribution is -2.52. The fourth-order valence-corrected chi connectivity index (χ4v) is 4.14. The number of ether oxygens (including phenoxy) is 3. The van der Waals surface area contributed by atoms with Crippen molar-refractivity contribution in [2.75, 3.05) is 31.8 Å². The Bertz CT molecular complexity index is 917. The highest BCUT2D eigenvalue weighted by molar-refractivity contribution is 5.90. The summed E-state index contributed by atoms with van der Waals surface area (Å²) in [7, 11) is 0. The number of esters is 1. The Hall–Kier alpha value is -3.22. The Kier molecular flexibility index (Phi) is 5.79. The number of benzene rings is 2. The number of piperidine rings is 1. The van der Waals surface area contributed by atoms with Gasteiger partial charge in [-0.3, -0.25) is 4.79 Å². The van der Waals surface area contributed by atoms with Crippen molar-refractivity contribution >= 4 is 17.7 Å². The predicted molar refractivity (Wildman–Crippen MR) is 112 cm³/mol. The molecule has 1 N–H and O–H groups in total. The number of nitrogens with zero attached hydrogens (tertiary/aromatic N) is 1. The van der Waals surface area contributed by atoms with Crippen LogP contribution in [-0.2, 0) is 16.0 Å². The second-order valence-corrected chi connectivity index (χ2v) is 7.69. The van der Waals surface area contributed by atoms with Crippen LogP contribution < -0.4 is 14.8 Å². The molecular formula is C23H26N2O5. The predicted octanol–water partition coefficient (Wildman–Crippen LogP) is 3.84. The minimum atomic E-state index is -0.748. The molecule has 1 atom stereocenters. The van der Waals surface area contributed by atoms with Gasteiger partial charge in [-0.1, -0.05) is 30.3 Å². The number of rotatable bonds is 5. The Morgan fingerprint density at radius 3 is 2.73 bits per heavy atom. The van der Waals surface area contributed by atoms with Gasteiger partial charge in [-0.2, -0.15) is 0 Å². The number of carbonyl (C=O) groups is 2. The number of urea groups is 1. The van der Waals surface area contributed by atoms with Crippen LogP contribution in [0.15, 0.2) is 48.5 Å². The molecule has 1 unspecified atom stereocenters. The van der Waals surface area contributed by atoms with Crippen LogP contribution in [0.3, 0.4) is 0 Å². The van der Waals surface area contributed by atoms with Crippen molar-refractivity contribution in [2.45, 2.75) is 26.2 Å². The van der Waals surface area contributed by atoms with E-state index >= 15 is 0 Å². The van der Waals surface area contributed by atoms with Gasteiger partial charge in [0.05, 0.1) is 12.0 Å². The maximum absolute atomic E-state index is 13.0. The van der Waals surface area contributed by atoms with Crippen LogP contribution in [0.5, 0.6) is 11.5 Å². The third-order valence-electron chi connectivity index (χ3n) is 5.58. The maximum Gasteiger partial charge on any atom is 0.321 e. The van der Waals surface area contributed by atoms with Gasteiger partial charge in [0.1, 0.15) is 0 Å². The molecule has 1 fully saturated rings. The molecule has 2 aromatic rings. The average molecular weight is 410 g/mol. The number of anilines is 1. The van der Waals surface area contributed by atoms with E-state index in [1.807, 2.05) is 30.3 Å². The zero-order valence-corrected chi connectivity index (χ0v) is 17.1. The first-order chi connectivity index (χ1) is 14.6. The lowest BCUT2D eigenvalue weighted by Gasteiger charge is -2.41. The van der Waals surface area contributed by atoms with Crippen LogP contribution in [0.25, 0.3) is 0 Å². The molecule has 1 saturated heterocycles. The third kappa shape index (κ3) is 4.20. The van der Waals surface area contributed by atoms with E-state index in [1.165, 1.54) is 0 Å². The largest absolute Gasteiger partial charge is 0.466 e. The maximum atomic E-state index is 13.0. The normalized spacial score (nSPS) is 20.0. The van der Waals surface area contributed by atoms with Gasteiger partial charge in [-0.05, 0) is 43.9 Å². The standard InChI is InChI=1S/C23H26N2O5/c1-2-28-21(26)23(14-17-7-4-3-5-8-17)11-6-12-25(15-23)22(27)24-18-9-10-19-20(13-18)30-16-29-19/h3-5,7-10,13H,2,6,11-12,14-16H2,1H3,(H,24,27). The number of likely N-dealkylation sites (tertiary alicyclic amines) is 1. The smallest absolute Gasteiger partial charge is 0.321 e. The molecule has 7 nitrogen and oxygen atoms in total. The monoisotopic (exact) mass is 410 g/mol. The summed E-state index contributed by atoms with van der Waals surface area (Å²) in [5.41, 5.74) is 0.935. The molecular weight excluding hydrogens is 384 g/mol. The van der Waals surface area contributed by atoms with Crippen molar-refractivity contribution in [1.29, 1.82) is 0 Å². The number of hydrogen-bond acceptors (Lipinski definition) is 5. The second kappa shape index (κ2) is 8.65. The highest BCUT2D eigenvalue weighted by Gasteiger charge is 2.44. The minimum absolute atomic E-state index is 0.181. The van der Waals surface area contributed by atoms with E-state index in [2.05, 4.69) is 5.32 Å². The summed E-state index contributed by atoms with van der Waals surface area (Å²) in [5.74, 6) is 1.03. The fourth-order valence-electron chi connectivity index (χ4n) is 4.14. The lowest BCUT2D eigenvalue weighted by molar-refractivity contribution is -0.158. The first-order valence-electron chi connectivity index (χ1n) is 10.3. The van der Waals surface area contributed by atoms with Crippen molar-refractivity contribution in [2.24, 2.45) is 5.41 Å². The molecule has 2 aromatic carbocycles. The lowest BCUT2D eigenvalue weighted by atomic mass is 9.75. The molecule has 158 valence electrons. The average Bonchev–Trinajstić information content (AvgIpc) is 3.23. The number of amides is 2. The van der Waals surface area contributed by atoms with Crippen molar-refractivity contribution in [1.82, 2.24) is 4.90 Å². The minimum Gasteiger partial charge on any atom is -0.466 e. The molecule has 4 rings (SSSR count). The van der Waals surface area contributed by atoms with Crippen LogP contribution in [-0.4, -0.2) is 43.4 Å². The number of hydrogen-bond donors (Lipinski definition) is 1. The first kappa shape index (κ1) is 20.1. The summed E-state index contributed by atoms with van der Waals surface area (Å²) in [6, 6.07) is 14.9. The summed E-state index contributed by atoms with van der Waals surface area (Å²) in [6.07, 6.45) is 1.97. The topological polar surface area (TPSA) is 77.1 Å². The van der Waals surface area contributed by atoms with Crippen molar-refractivity contribution in [3.8, 4) is 11.5 Å². The molecule has 2 amide bonds. The molecule has 2 aliphatic heterocycles. The number of carbonyl (C=O) groups excluding carboxylic acids is 2. The van der Waals surface area contributed by atoms with Crippen LogP contribution in [0, 0.1) is 5.41 Å². The molecule has 0 radical (unpaired) electrons. The Labute approximate surface area is 175 Å². The van der Waals surface area contributed by atoms with E-state index < -0.39 is 5.41 Å². The molecule has 0 spiro atoms. The molecule has 2 heterocycles. The summed E-state index contributed by atoms with van der Waals surface area (Å²) >= 11 is 0. The van der Waals surface area contributed by atoms with Crippen molar-refractivity contribution < 1.29 is 23.8 Å². The van der Waals surface area contributed by atoms with E-state index in [0.717, 1.165) is 12.0 Å². The molecule has 0 aliphatic carbocycles. The van der Waals surface area contributed by atoms with Crippen molar-refractivity contribution in [3.05, 3.63) is 54.1 Å². The molecule has 30 heavy (non-hydrogen) atoms. The highest BCUT2D eigenvalue weighted by Crippen LogP contribution is 2.37. The summed E-state index contributed by atoms with van der Waals surface area (Å²) in [5, 5.41) is 2.91. The van der Waals surface area contributed by atoms with Crippen LogP contribution in [0.2, 0.25) is 0 Å². The second-order valence-electron chi connectivity index (χ2n) is 7.69. The SMILES string of the molecule is CCOC(=O)C1(Cc2ccccc2)CCCN(C(=O)Nc2ccc3c(c2)OCO3)C1. The summed E-state index contributed by atoms with van der Waals surface area (Å²) in [4.78, 5) is 27.6. The fraction of sp³-hybridized carbons (Fsp3) is 0.391. The van der Waals surface area contributed by atoms with Crippen LogP contribution >= 0.6 is 0 Å². The quantitative estimate of drug-likeness (QED) is 0.758. The summed E-state index contributed by atoms with van der Waals surface area (Å²) < 4.78 is 16.1. The zero-order chi connectivity index (χ0) is 21.0. The molecule has 0 saturated carbocycles. The van der Waals surface area contributed by atoms with Crippen LogP contribution in [0.4, 0.5) is 10.5 Å². The van der Waals surface area contributed by atoms with Gasteiger partial charge in [0.15, 0.2) is 11.5 Å².